The molecule has 1 heterocycles. The third kappa shape index (κ3) is 4.43. The molecule has 0 bridgehead atoms. The molecule has 2 aromatic rings. The second-order valence-corrected chi connectivity index (χ2v) is 7.57. The Balaban J connectivity index is 2.51. The number of nitrogens with one attached hydrogen (secondary N) is 1. The molecule has 0 aliphatic rings. The monoisotopic (exact) mass is 428 g/mol. The zero-order chi connectivity index (χ0) is 20.3. The molecule has 2 amide bonds. The van der Waals surface area contributed by atoms with Crippen LogP contribution in [0.15, 0.2) is 18.2 Å². The minimum Gasteiger partial charge on any atom is -0.462 e. The number of hydrogen-bond acceptors (Lipinski definition) is 5. The van der Waals surface area contributed by atoms with Crippen LogP contribution in [-0.4, -0.2) is 43.4 Å². The maximum absolute atomic E-state index is 12.7. The van der Waals surface area contributed by atoms with Gasteiger partial charge in [0.25, 0.3) is 11.8 Å². The summed E-state index contributed by atoms with van der Waals surface area (Å²) in [6.45, 7) is 3.47. The Morgan fingerprint density at radius 3 is 2.26 bits per heavy atom. The van der Waals surface area contributed by atoms with E-state index in [1.54, 1.807) is 34.0 Å². The third-order valence-corrected chi connectivity index (χ3v) is 5.47. The Labute approximate surface area is 171 Å². The summed E-state index contributed by atoms with van der Waals surface area (Å²) in [4.78, 5) is 39.2. The number of ether oxygens (including phenoxy) is 1. The zero-order valence-corrected chi connectivity index (χ0v) is 17.5. The van der Waals surface area contributed by atoms with Crippen molar-refractivity contribution in [3.8, 4) is 0 Å². The molecule has 0 atom stereocenters. The van der Waals surface area contributed by atoms with Gasteiger partial charge in [0.2, 0.25) is 0 Å². The summed E-state index contributed by atoms with van der Waals surface area (Å²) in [6, 6.07) is 4.69. The Kier molecular flexibility index (Phi) is 6.86. The molecule has 0 aliphatic carbocycles. The largest absolute Gasteiger partial charge is 0.462 e. The quantitative estimate of drug-likeness (QED) is 0.711. The average molecular weight is 429 g/mol. The van der Waals surface area contributed by atoms with Gasteiger partial charge in [0.05, 0.1) is 32.7 Å². The van der Waals surface area contributed by atoms with E-state index in [0.717, 1.165) is 11.3 Å². The number of amides is 2. The SMILES string of the molecule is CCOC(=O)c1c(NC(=O)c2c(Cl)cccc2Cl)sc(C(=O)N(C)C)c1C. The molecule has 0 aliphatic heterocycles. The van der Waals surface area contributed by atoms with Gasteiger partial charge in [-0.25, -0.2) is 4.79 Å². The summed E-state index contributed by atoms with van der Waals surface area (Å²) in [5.41, 5.74) is 0.670. The van der Waals surface area contributed by atoms with Gasteiger partial charge in [-0.15, -0.1) is 11.3 Å². The van der Waals surface area contributed by atoms with Crippen LogP contribution in [-0.2, 0) is 4.74 Å². The highest BCUT2D eigenvalue weighted by molar-refractivity contribution is 7.18. The van der Waals surface area contributed by atoms with Gasteiger partial charge in [0.15, 0.2) is 0 Å². The summed E-state index contributed by atoms with van der Waals surface area (Å²) in [7, 11) is 3.21. The van der Waals surface area contributed by atoms with E-state index >= 15 is 0 Å². The highest BCUT2D eigenvalue weighted by atomic mass is 35.5. The van der Waals surface area contributed by atoms with Gasteiger partial charge in [-0.1, -0.05) is 29.3 Å². The van der Waals surface area contributed by atoms with Crippen LogP contribution in [0.5, 0.6) is 0 Å². The fourth-order valence-electron chi connectivity index (χ4n) is 2.34. The first-order valence-corrected chi connectivity index (χ1v) is 9.53. The van der Waals surface area contributed by atoms with Crippen LogP contribution in [0, 0.1) is 6.92 Å². The van der Waals surface area contributed by atoms with Crippen molar-refractivity contribution in [1.29, 1.82) is 0 Å². The standard InChI is InChI=1S/C18H18Cl2N2O4S/c1-5-26-18(25)12-9(2)14(17(24)22(3)4)27-16(12)21-15(23)13-10(19)7-6-8-11(13)20/h6-8H,5H2,1-4H3,(H,21,23). The summed E-state index contributed by atoms with van der Waals surface area (Å²) >= 11 is 13.2. The first-order chi connectivity index (χ1) is 12.7. The second kappa shape index (κ2) is 8.73. The molecule has 1 aromatic heterocycles. The molecule has 0 saturated heterocycles. The first-order valence-electron chi connectivity index (χ1n) is 7.96. The number of hydrogen-bond donors (Lipinski definition) is 1. The molecule has 1 aromatic carbocycles. The summed E-state index contributed by atoms with van der Waals surface area (Å²) in [5.74, 6) is -1.48. The van der Waals surface area contributed by atoms with Gasteiger partial charge in [-0.2, -0.15) is 0 Å². The molecular formula is C18H18Cl2N2O4S. The maximum Gasteiger partial charge on any atom is 0.341 e. The molecule has 1 N–H and O–H groups in total. The van der Waals surface area contributed by atoms with Crippen LogP contribution < -0.4 is 5.32 Å². The van der Waals surface area contributed by atoms with E-state index < -0.39 is 11.9 Å². The van der Waals surface area contributed by atoms with Crippen molar-refractivity contribution in [3.05, 3.63) is 49.8 Å². The molecule has 0 spiro atoms. The Morgan fingerprint density at radius 2 is 1.74 bits per heavy atom. The lowest BCUT2D eigenvalue weighted by atomic mass is 10.1. The minimum absolute atomic E-state index is 0.0854. The number of nitrogens with zero attached hydrogens (tertiary/aromatic N) is 1. The topological polar surface area (TPSA) is 75.7 Å². The fraction of sp³-hybridized carbons (Fsp3) is 0.278. The molecule has 0 unspecified atom stereocenters. The zero-order valence-electron chi connectivity index (χ0n) is 15.2. The highest BCUT2D eigenvalue weighted by Crippen LogP contribution is 2.35. The van der Waals surface area contributed by atoms with Gasteiger partial charge in [-0.05, 0) is 31.5 Å². The molecule has 0 fully saturated rings. The van der Waals surface area contributed by atoms with Crippen molar-refractivity contribution < 1.29 is 19.1 Å². The van der Waals surface area contributed by atoms with Gasteiger partial charge in [-0.3, -0.25) is 9.59 Å². The van der Waals surface area contributed by atoms with Crippen LogP contribution in [0.3, 0.4) is 0 Å². The Bertz CT molecular complexity index is 889. The highest BCUT2D eigenvalue weighted by Gasteiger charge is 2.28. The van der Waals surface area contributed by atoms with Crippen molar-refractivity contribution >= 4 is 57.3 Å². The fourth-order valence-corrected chi connectivity index (χ4v) is 4.12. The van der Waals surface area contributed by atoms with Crippen LogP contribution in [0.1, 0.15) is 42.9 Å². The summed E-state index contributed by atoms with van der Waals surface area (Å²) in [5, 5.41) is 3.20. The molecular weight excluding hydrogens is 411 g/mol. The van der Waals surface area contributed by atoms with E-state index in [4.69, 9.17) is 27.9 Å². The average Bonchev–Trinajstić information content (AvgIpc) is 2.90. The number of halogens is 2. The van der Waals surface area contributed by atoms with Crippen molar-refractivity contribution in [1.82, 2.24) is 4.90 Å². The number of esters is 1. The van der Waals surface area contributed by atoms with E-state index in [1.807, 2.05) is 0 Å². The van der Waals surface area contributed by atoms with Crippen LogP contribution in [0.2, 0.25) is 10.0 Å². The molecule has 144 valence electrons. The van der Waals surface area contributed by atoms with Crippen molar-refractivity contribution in [3.63, 3.8) is 0 Å². The van der Waals surface area contributed by atoms with Crippen LogP contribution >= 0.6 is 34.5 Å². The minimum atomic E-state index is -0.621. The molecule has 0 saturated carbocycles. The van der Waals surface area contributed by atoms with Crippen molar-refractivity contribution in [2.45, 2.75) is 13.8 Å². The predicted molar refractivity (Wildman–Crippen MR) is 107 cm³/mol. The lowest BCUT2D eigenvalue weighted by Gasteiger charge is -2.09. The maximum atomic E-state index is 12.7. The van der Waals surface area contributed by atoms with Gasteiger partial charge < -0.3 is 15.0 Å². The molecule has 6 nitrogen and oxygen atoms in total. The molecule has 0 radical (unpaired) electrons. The number of rotatable bonds is 5. The number of thiophene rings is 1. The second-order valence-electron chi connectivity index (χ2n) is 5.73. The summed E-state index contributed by atoms with van der Waals surface area (Å²) < 4.78 is 5.08. The first kappa shape index (κ1) is 21.2. The lowest BCUT2D eigenvalue weighted by molar-refractivity contribution is 0.0527. The molecule has 27 heavy (non-hydrogen) atoms. The van der Waals surface area contributed by atoms with Gasteiger partial charge in [0, 0.05) is 14.1 Å². The van der Waals surface area contributed by atoms with Crippen molar-refractivity contribution in [2.75, 3.05) is 26.0 Å². The van der Waals surface area contributed by atoms with E-state index in [1.165, 1.54) is 17.0 Å². The predicted octanol–water partition coefficient (Wildman–Crippen LogP) is 4.49. The van der Waals surface area contributed by atoms with E-state index in [9.17, 15) is 14.4 Å². The number of carbonyl (C=O) groups is 3. The van der Waals surface area contributed by atoms with Gasteiger partial charge in [0.1, 0.15) is 5.00 Å². The van der Waals surface area contributed by atoms with E-state index in [2.05, 4.69) is 5.32 Å². The Morgan fingerprint density at radius 1 is 1.15 bits per heavy atom. The van der Waals surface area contributed by atoms with Crippen LogP contribution in [0.4, 0.5) is 5.00 Å². The third-order valence-electron chi connectivity index (χ3n) is 3.64. The van der Waals surface area contributed by atoms with Crippen LogP contribution in [0.25, 0.3) is 0 Å². The normalized spacial score (nSPS) is 10.4. The summed E-state index contributed by atoms with van der Waals surface area (Å²) in [6.07, 6.45) is 0. The van der Waals surface area contributed by atoms with E-state index in [-0.39, 0.29) is 38.7 Å². The lowest BCUT2D eigenvalue weighted by Crippen LogP contribution is -2.21. The van der Waals surface area contributed by atoms with E-state index in [0.29, 0.717) is 10.4 Å². The van der Waals surface area contributed by atoms with Gasteiger partial charge >= 0.3 is 5.97 Å². The molecule has 2 rings (SSSR count). The Hall–Kier alpha value is -2.09. The number of benzene rings is 1. The smallest absolute Gasteiger partial charge is 0.341 e. The number of carbonyl (C=O) groups excluding carboxylic acids is 3. The number of anilines is 1. The molecule has 9 heteroatoms. The van der Waals surface area contributed by atoms with Crippen molar-refractivity contribution in [2.24, 2.45) is 0 Å².